The van der Waals surface area contributed by atoms with E-state index in [1.165, 1.54) is 24.9 Å². The summed E-state index contributed by atoms with van der Waals surface area (Å²) in [5.41, 5.74) is 6.28. The normalized spacial score (nSPS) is 20.0. The van der Waals surface area contributed by atoms with Crippen LogP contribution in [0, 0.1) is 31.0 Å². The predicted molar refractivity (Wildman–Crippen MR) is 293 cm³/mol. The molecule has 404 valence electrons. The topological polar surface area (TPSA) is 188 Å². The number of aryl methyl sites for hydroxylation is 1. The Labute approximate surface area is 446 Å². The minimum Gasteiger partial charge on any atom is -0.489 e. The first-order valence-corrected chi connectivity index (χ1v) is 28.4. The zero-order valence-corrected chi connectivity index (χ0v) is 46.1. The molecule has 0 unspecified atom stereocenters. The zero-order chi connectivity index (χ0) is 53.6. The molecule has 1 amide bonds. The molecule has 3 saturated heterocycles. The second kappa shape index (κ2) is 21.3. The average molecular weight is 1060 g/mol. The molecule has 6 aromatic rings. The molecule has 4 aliphatic rings. The molecule has 4 aliphatic heterocycles. The summed E-state index contributed by atoms with van der Waals surface area (Å²) in [6.45, 7) is 22.5. The number of pyridine rings is 1. The van der Waals surface area contributed by atoms with E-state index < -0.39 is 14.6 Å². The fourth-order valence-corrected chi connectivity index (χ4v) is 12.8. The number of sulfone groups is 1. The number of H-pyrrole nitrogens is 1. The first-order valence-electron chi connectivity index (χ1n) is 26.9. The van der Waals surface area contributed by atoms with Crippen LogP contribution >= 0.6 is 0 Å². The van der Waals surface area contributed by atoms with Crippen LogP contribution in [0.4, 0.5) is 27.7 Å². The Kier molecular flexibility index (Phi) is 14.9. The number of fused-ring (bicyclic) bond motifs is 2. The number of carbonyl (C=O) groups excluding carboxylic acids is 1. The smallest absolute Gasteiger partial charge is 0.241 e. The number of likely N-dealkylation sites (tertiary alicyclic amines) is 2. The first kappa shape index (κ1) is 53.1. The maximum Gasteiger partial charge on any atom is 0.241 e. The summed E-state index contributed by atoms with van der Waals surface area (Å²) in [4.78, 5) is 46.9. The second-order valence-electron chi connectivity index (χ2n) is 23.4. The van der Waals surface area contributed by atoms with Gasteiger partial charge in [-0.3, -0.25) is 19.8 Å². The van der Waals surface area contributed by atoms with E-state index in [9.17, 15) is 17.6 Å². The Morgan fingerprint density at radius 3 is 2.28 bits per heavy atom. The number of aromatic nitrogens is 7. The lowest BCUT2D eigenvalue weighted by Gasteiger charge is -2.48. The Bertz CT molecular complexity index is 3160. The Hall–Kier alpha value is -6.31. The number of halogens is 1. The van der Waals surface area contributed by atoms with Crippen LogP contribution in [-0.2, 0) is 26.5 Å². The maximum absolute atomic E-state index is 14.4. The van der Waals surface area contributed by atoms with E-state index in [-0.39, 0.29) is 41.0 Å². The number of ether oxygens (including phenoxy) is 2. The number of aromatic amines is 1. The zero-order valence-electron chi connectivity index (χ0n) is 45.3. The molecule has 10 rings (SSSR count). The molecule has 0 bridgehead atoms. The lowest BCUT2D eigenvalue weighted by molar-refractivity contribution is -0.121. The van der Waals surface area contributed by atoms with Crippen molar-refractivity contribution in [2.75, 3.05) is 80.7 Å². The molecule has 1 spiro atoms. The molecule has 0 saturated carbocycles. The van der Waals surface area contributed by atoms with Crippen molar-refractivity contribution in [1.29, 1.82) is 0 Å². The van der Waals surface area contributed by atoms with Crippen molar-refractivity contribution in [2.24, 2.45) is 11.3 Å². The minimum atomic E-state index is -3.86. The fourth-order valence-electron chi connectivity index (χ4n) is 11.5. The van der Waals surface area contributed by atoms with Gasteiger partial charge in [0.2, 0.25) is 11.9 Å². The Balaban J connectivity index is 0.701. The summed E-state index contributed by atoms with van der Waals surface area (Å²) in [5, 5.41) is 11.0. The molecular weight excluding hydrogens is 984 g/mol. The molecule has 19 heteroatoms. The molecule has 8 heterocycles. The standard InChI is InChI=1S/C57H73FN12O5S/c1-37-9-14-43(69(32-37)34-50(71)70-35-56(7,8)51-47(70)26-41(29-59-51)25-40-10-12-42(58)13-11-40)33-67-19-15-57(16-20-67)17-21-68(22-18-57)54-60-30-44(31-61-54)74-23-24-75-48-28-46-45(27-49(48)76(72,73)55(4,5)6)53(63-36-62-46)64-52-38(2)39(3)65-66-52/h10-13,26-31,36-37,43H,9,14-25,32-35H2,1-8H3,(H2,62,63,64,65,66)/t37-,43+/m0/s1. The lowest BCUT2D eigenvalue weighted by Crippen LogP contribution is -2.54. The molecule has 2 atom stereocenters. The number of carbonyl (C=O) groups is 1. The van der Waals surface area contributed by atoms with Gasteiger partial charge < -0.3 is 29.5 Å². The maximum atomic E-state index is 14.4. The Morgan fingerprint density at radius 1 is 0.868 bits per heavy atom. The van der Waals surface area contributed by atoms with Crippen molar-refractivity contribution in [2.45, 2.75) is 121 Å². The molecule has 4 aromatic heterocycles. The van der Waals surface area contributed by atoms with E-state index in [1.807, 2.05) is 24.9 Å². The number of amides is 1. The van der Waals surface area contributed by atoms with Crippen LogP contribution in [-0.4, -0.2) is 136 Å². The second-order valence-corrected chi connectivity index (χ2v) is 26.1. The van der Waals surface area contributed by atoms with E-state index in [0.717, 1.165) is 105 Å². The van der Waals surface area contributed by atoms with Crippen LogP contribution in [0.1, 0.15) is 108 Å². The number of hydrogen-bond acceptors (Lipinski definition) is 15. The third-order valence-corrected chi connectivity index (χ3v) is 18.9. The quantitative estimate of drug-likeness (QED) is 0.0929. The highest BCUT2D eigenvalue weighted by Gasteiger charge is 2.43. The van der Waals surface area contributed by atoms with Crippen molar-refractivity contribution in [3.63, 3.8) is 0 Å². The van der Waals surface area contributed by atoms with Crippen molar-refractivity contribution in [3.05, 3.63) is 101 Å². The predicted octanol–water partition coefficient (Wildman–Crippen LogP) is 8.77. The third kappa shape index (κ3) is 11.2. The number of piperidine rings is 3. The summed E-state index contributed by atoms with van der Waals surface area (Å²) < 4.78 is 52.6. The summed E-state index contributed by atoms with van der Waals surface area (Å²) in [6, 6.07) is 12.2. The molecule has 2 N–H and O–H groups in total. The van der Waals surface area contributed by atoms with Gasteiger partial charge in [0.15, 0.2) is 21.4 Å². The number of rotatable bonds is 15. The van der Waals surface area contributed by atoms with Crippen LogP contribution in [0.5, 0.6) is 11.5 Å². The van der Waals surface area contributed by atoms with Crippen LogP contribution in [0.2, 0.25) is 0 Å². The van der Waals surface area contributed by atoms with Gasteiger partial charge in [-0.1, -0.05) is 32.9 Å². The van der Waals surface area contributed by atoms with E-state index >= 15 is 0 Å². The van der Waals surface area contributed by atoms with Gasteiger partial charge in [-0.25, -0.2) is 32.7 Å². The van der Waals surface area contributed by atoms with Gasteiger partial charge >= 0.3 is 0 Å². The van der Waals surface area contributed by atoms with Crippen molar-refractivity contribution < 1.29 is 27.1 Å². The highest BCUT2D eigenvalue weighted by atomic mass is 32.2. The lowest BCUT2D eigenvalue weighted by atomic mass is 9.71. The van der Waals surface area contributed by atoms with Crippen LogP contribution in [0.25, 0.3) is 10.9 Å². The number of benzene rings is 2. The highest BCUT2D eigenvalue weighted by Crippen LogP contribution is 2.44. The number of hydrogen-bond donors (Lipinski definition) is 2. The van der Waals surface area contributed by atoms with Crippen LogP contribution < -0.4 is 24.6 Å². The van der Waals surface area contributed by atoms with Gasteiger partial charge in [0.05, 0.1) is 40.6 Å². The van der Waals surface area contributed by atoms with Gasteiger partial charge in [0, 0.05) is 73.1 Å². The molecule has 17 nitrogen and oxygen atoms in total. The summed E-state index contributed by atoms with van der Waals surface area (Å²) in [7, 11) is -3.86. The van der Waals surface area contributed by atoms with E-state index in [1.54, 1.807) is 57.4 Å². The van der Waals surface area contributed by atoms with Crippen molar-refractivity contribution >= 4 is 49.9 Å². The highest BCUT2D eigenvalue weighted by molar-refractivity contribution is 7.92. The minimum absolute atomic E-state index is 0.0390. The first-order chi connectivity index (χ1) is 36.2. The average Bonchev–Trinajstić information content (AvgIpc) is 3.88. The fraction of sp³-hybridized carbons (Fsp3) is 0.526. The third-order valence-electron chi connectivity index (χ3n) is 16.4. The summed E-state index contributed by atoms with van der Waals surface area (Å²) in [5.74, 6) is 2.80. The molecule has 76 heavy (non-hydrogen) atoms. The van der Waals surface area contributed by atoms with Gasteiger partial charge in [-0.05, 0) is 139 Å². The summed E-state index contributed by atoms with van der Waals surface area (Å²) in [6.07, 6.45) is 14.1. The van der Waals surface area contributed by atoms with Crippen molar-refractivity contribution in [3.8, 4) is 11.5 Å². The molecule has 0 aliphatic carbocycles. The SMILES string of the molecule is Cc1[nH]nc(Nc2ncnc3cc(OCCOc4cnc(N5CCC6(CCN(C[C@H]7CC[C@H](C)CN7CC(=O)N7CC(C)(C)c8ncc(Cc9ccc(F)cc9)cc87)CC6)CC5)nc4)c(S(=O)(=O)C(C)(C)C)cc23)c1C. The van der Waals surface area contributed by atoms with Crippen molar-refractivity contribution in [1.82, 2.24) is 44.9 Å². The number of nitrogens with zero attached hydrogens (tertiary/aromatic N) is 10. The Morgan fingerprint density at radius 2 is 1.58 bits per heavy atom. The van der Waals surface area contributed by atoms with E-state index in [4.69, 9.17) is 14.5 Å². The summed E-state index contributed by atoms with van der Waals surface area (Å²) >= 11 is 0. The monoisotopic (exact) mass is 1060 g/mol. The number of anilines is 4. The van der Waals surface area contributed by atoms with E-state index in [2.05, 4.69) is 77.0 Å². The van der Waals surface area contributed by atoms with Gasteiger partial charge in [-0.2, -0.15) is 5.10 Å². The van der Waals surface area contributed by atoms with E-state index in [0.29, 0.717) is 71.1 Å². The van der Waals surface area contributed by atoms with Gasteiger partial charge in [-0.15, -0.1) is 0 Å². The van der Waals surface area contributed by atoms with Crippen LogP contribution in [0.3, 0.4) is 0 Å². The molecular formula is C57H73FN12O5S. The van der Waals surface area contributed by atoms with Gasteiger partial charge in [0.25, 0.3) is 0 Å². The molecule has 2 aromatic carbocycles. The number of nitrogens with one attached hydrogen (secondary N) is 2. The molecule has 3 fully saturated rings. The molecule has 0 radical (unpaired) electrons. The van der Waals surface area contributed by atoms with Crippen LogP contribution in [0.15, 0.2) is 72.3 Å². The largest absolute Gasteiger partial charge is 0.489 e. The van der Waals surface area contributed by atoms with Gasteiger partial charge in [0.1, 0.15) is 41.8 Å².